The highest BCUT2D eigenvalue weighted by molar-refractivity contribution is 5.72. The van der Waals surface area contributed by atoms with Gasteiger partial charge in [-0.15, -0.1) is 0 Å². The van der Waals surface area contributed by atoms with Gasteiger partial charge >= 0.3 is 0 Å². The van der Waals surface area contributed by atoms with Crippen LogP contribution >= 0.6 is 0 Å². The van der Waals surface area contributed by atoms with E-state index in [1.807, 2.05) is 36.8 Å². The number of hydrogen-bond donors (Lipinski definition) is 1. The van der Waals surface area contributed by atoms with Crippen molar-refractivity contribution in [1.82, 2.24) is 19.7 Å². The number of piperazine rings is 1. The van der Waals surface area contributed by atoms with Crippen LogP contribution in [0.25, 0.3) is 16.9 Å². The second-order valence-electron chi connectivity index (χ2n) is 5.56. The fraction of sp³-hybridized carbons (Fsp3) is 0.294. The molecule has 0 amide bonds. The molecule has 1 aliphatic heterocycles. The van der Waals surface area contributed by atoms with E-state index in [4.69, 9.17) is 4.74 Å². The van der Waals surface area contributed by atoms with Crippen LogP contribution in [0.5, 0.6) is 5.75 Å². The molecule has 1 aromatic carbocycles. The third kappa shape index (κ3) is 2.51. The van der Waals surface area contributed by atoms with Gasteiger partial charge in [-0.25, -0.2) is 9.97 Å². The van der Waals surface area contributed by atoms with Gasteiger partial charge < -0.3 is 15.0 Å². The summed E-state index contributed by atoms with van der Waals surface area (Å²) in [6, 6.07) is 8.03. The number of benzene rings is 1. The monoisotopic (exact) mass is 309 g/mol. The van der Waals surface area contributed by atoms with Gasteiger partial charge in [-0.3, -0.25) is 4.40 Å². The zero-order chi connectivity index (χ0) is 15.6. The minimum Gasteiger partial charge on any atom is -0.497 e. The van der Waals surface area contributed by atoms with Crippen LogP contribution in [-0.4, -0.2) is 47.7 Å². The van der Waals surface area contributed by atoms with Crippen molar-refractivity contribution in [2.24, 2.45) is 0 Å². The van der Waals surface area contributed by atoms with Crippen molar-refractivity contribution in [1.29, 1.82) is 0 Å². The minimum atomic E-state index is 0.842. The van der Waals surface area contributed by atoms with Gasteiger partial charge in [-0.05, 0) is 12.1 Å². The molecule has 6 heteroatoms. The quantitative estimate of drug-likeness (QED) is 0.800. The zero-order valence-electron chi connectivity index (χ0n) is 13.1. The van der Waals surface area contributed by atoms with Crippen molar-refractivity contribution in [3.63, 3.8) is 0 Å². The maximum absolute atomic E-state index is 5.33. The lowest BCUT2D eigenvalue weighted by Gasteiger charge is -2.28. The first-order chi connectivity index (χ1) is 11.4. The predicted molar refractivity (Wildman–Crippen MR) is 90.1 cm³/mol. The average Bonchev–Trinajstić information content (AvgIpc) is 3.06. The molecule has 0 atom stereocenters. The van der Waals surface area contributed by atoms with Gasteiger partial charge in [0.15, 0.2) is 11.5 Å². The Balaban J connectivity index is 1.80. The molecule has 0 saturated carbocycles. The molecule has 3 aromatic rings. The molecule has 2 aromatic heterocycles. The van der Waals surface area contributed by atoms with Gasteiger partial charge in [0.25, 0.3) is 0 Å². The van der Waals surface area contributed by atoms with Crippen LogP contribution < -0.4 is 15.0 Å². The van der Waals surface area contributed by atoms with Gasteiger partial charge in [-0.2, -0.15) is 0 Å². The average molecular weight is 309 g/mol. The molecular weight excluding hydrogens is 290 g/mol. The standard InChI is InChI=1S/C17H19N5O/c1-23-14-4-2-3-13(11-14)15-12-20-17-16(19-7-10-22(15)17)21-8-5-18-6-9-21/h2-4,7,10-12,18H,5-6,8-9H2,1H3. The second kappa shape index (κ2) is 5.89. The van der Waals surface area contributed by atoms with E-state index in [9.17, 15) is 0 Å². The number of aromatic nitrogens is 3. The summed E-state index contributed by atoms with van der Waals surface area (Å²) >= 11 is 0. The fourth-order valence-electron chi connectivity index (χ4n) is 3.00. The Morgan fingerprint density at radius 3 is 2.87 bits per heavy atom. The van der Waals surface area contributed by atoms with Crippen LogP contribution in [0.3, 0.4) is 0 Å². The van der Waals surface area contributed by atoms with E-state index in [0.29, 0.717) is 0 Å². The molecule has 118 valence electrons. The summed E-state index contributed by atoms with van der Waals surface area (Å²) in [7, 11) is 1.68. The molecule has 6 nitrogen and oxygen atoms in total. The Bertz CT molecular complexity index is 823. The first-order valence-electron chi connectivity index (χ1n) is 7.79. The van der Waals surface area contributed by atoms with Crippen LogP contribution in [0.4, 0.5) is 5.82 Å². The molecule has 0 unspecified atom stereocenters. The predicted octanol–water partition coefficient (Wildman–Crippen LogP) is 1.81. The van der Waals surface area contributed by atoms with E-state index in [1.54, 1.807) is 7.11 Å². The lowest BCUT2D eigenvalue weighted by Crippen LogP contribution is -2.44. The molecule has 0 bridgehead atoms. The van der Waals surface area contributed by atoms with E-state index in [-0.39, 0.29) is 0 Å². The fourth-order valence-corrected chi connectivity index (χ4v) is 3.00. The Morgan fingerprint density at radius 1 is 1.17 bits per heavy atom. The van der Waals surface area contributed by atoms with Crippen molar-refractivity contribution < 1.29 is 4.74 Å². The van der Waals surface area contributed by atoms with Gasteiger partial charge in [0.1, 0.15) is 5.75 Å². The van der Waals surface area contributed by atoms with Crippen LogP contribution in [0.1, 0.15) is 0 Å². The summed E-state index contributed by atoms with van der Waals surface area (Å²) in [5, 5.41) is 3.37. The number of fused-ring (bicyclic) bond motifs is 1. The van der Waals surface area contributed by atoms with E-state index < -0.39 is 0 Å². The van der Waals surface area contributed by atoms with Crippen LogP contribution in [-0.2, 0) is 0 Å². The lowest BCUT2D eigenvalue weighted by atomic mass is 10.1. The minimum absolute atomic E-state index is 0.842. The number of nitrogens with zero attached hydrogens (tertiary/aromatic N) is 4. The number of anilines is 1. The second-order valence-corrected chi connectivity index (χ2v) is 5.56. The van der Waals surface area contributed by atoms with Gasteiger partial charge in [0.2, 0.25) is 0 Å². The number of hydrogen-bond acceptors (Lipinski definition) is 5. The van der Waals surface area contributed by atoms with Gasteiger partial charge in [0.05, 0.1) is 19.0 Å². The van der Waals surface area contributed by atoms with Crippen LogP contribution in [0.15, 0.2) is 42.9 Å². The first kappa shape index (κ1) is 14.0. The molecule has 1 N–H and O–H groups in total. The van der Waals surface area contributed by atoms with Crippen molar-refractivity contribution >= 4 is 11.5 Å². The van der Waals surface area contributed by atoms with E-state index in [1.165, 1.54) is 0 Å². The van der Waals surface area contributed by atoms with Crippen molar-refractivity contribution in [3.05, 3.63) is 42.9 Å². The van der Waals surface area contributed by atoms with Crippen molar-refractivity contribution in [3.8, 4) is 17.0 Å². The smallest absolute Gasteiger partial charge is 0.180 e. The Hall–Kier alpha value is -2.60. The number of imidazole rings is 1. The molecule has 1 aliphatic rings. The summed E-state index contributed by atoms with van der Waals surface area (Å²) in [5.41, 5.74) is 3.01. The van der Waals surface area contributed by atoms with Crippen molar-refractivity contribution in [2.45, 2.75) is 0 Å². The molecule has 1 saturated heterocycles. The normalized spacial score (nSPS) is 15.1. The topological polar surface area (TPSA) is 54.7 Å². The van der Waals surface area contributed by atoms with E-state index >= 15 is 0 Å². The molecule has 0 spiro atoms. The maximum atomic E-state index is 5.33. The highest BCUT2D eigenvalue weighted by Gasteiger charge is 2.17. The molecule has 23 heavy (non-hydrogen) atoms. The maximum Gasteiger partial charge on any atom is 0.180 e. The third-order valence-corrected chi connectivity index (χ3v) is 4.19. The highest BCUT2D eigenvalue weighted by atomic mass is 16.5. The summed E-state index contributed by atoms with van der Waals surface area (Å²) in [4.78, 5) is 11.5. The van der Waals surface area contributed by atoms with Gasteiger partial charge in [0, 0.05) is 44.1 Å². The Kier molecular flexibility index (Phi) is 3.59. The van der Waals surface area contributed by atoms with Gasteiger partial charge in [-0.1, -0.05) is 12.1 Å². The van der Waals surface area contributed by atoms with Crippen molar-refractivity contribution in [2.75, 3.05) is 38.2 Å². The molecule has 1 fully saturated rings. The third-order valence-electron chi connectivity index (χ3n) is 4.19. The summed E-state index contributed by atoms with van der Waals surface area (Å²) < 4.78 is 7.42. The zero-order valence-corrected chi connectivity index (χ0v) is 13.1. The molecule has 0 aliphatic carbocycles. The summed E-state index contributed by atoms with van der Waals surface area (Å²) in [6.07, 6.45) is 5.70. The molecular formula is C17H19N5O. The van der Waals surface area contributed by atoms with Crippen LogP contribution in [0.2, 0.25) is 0 Å². The Labute approximate surface area is 134 Å². The highest BCUT2D eigenvalue weighted by Crippen LogP contribution is 2.27. The lowest BCUT2D eigenvalue weighted by molar-refractivity contribution is 0.415. The SMILES string of the molecule is COc1cccc(-c2cnc3c(N4CCNCC4)nccn23)c1. The van der Waals surface area contributed by atoms with E-state index in [0.717, 1.165) is 54.7 Å². The number of nitrogens with one attached hydrogen (secondary N) is 1. The molecule has 3 heterocycles. The van der Waals surface area contributed by atoms with Crippen LogP contribution in [0, 0.1) is 0 Å². The molecule has 4 rings (SSSR count). The largest absolute Gasteiger partial charge is 0.497 e. The Morgan fingerprint density at radius 2 is 2.04 bits per heavy atom. The summed E-state index contributed by atoms with van der Waals surface area (Å²) in [5.74, 6) is 1.79. The first-order valence-corrected chi connectivity index (χ1v) is 7.79. The molecule has 0 radical (unpaired) electrons. The number of methoxy groups -OCH3 is 1. The number of rotatable bonds is 3. The summed E-state index contributed by atoms with van der Waals surface area (Å²) in [6.45, 7) is 3.86. The number of ether oxygens (including phenoxy) is 1. The van der Waals surface area contributed by atoms with E-state index in [2.05, 4.69) is 30.7 Å².